The molecule has 1 fully saturated rings. The lowest BCUT2D eigenvalue weighted by Gasteiger charge is -2.28. The molecule has 3 atom stereocenters. The van der Waals surface area contributed by atoms with Gasteiger partial charge in [0.25, 0.3) is 0 Å². The van der Waals surface area contributed by atoms with Gasteiger partial charge in [-0.3, -0.25) is 9.69 Å². The number of rotatable bonds is 3. The number of benzene rings is 1. The van der Waals surface area contributed by atoms with E-state index in [0.717, 1.165) is 17.0 Å². The van der Waals surface area contributed by atoms with E-state index >= 15 is 0 Å². The minimum Gasteiger partial charge on any atom is -0.444 e. The second kappa shape index (κ2) is 7.46. The molecule has 0 spiro atoms. The van der Waals surface area contributed by atoms with Crippen LogP contribution in [0.2, 0.25) is 5.02 Å². The highest BCUT2D eigenvalue weighted by Crippen LogP contribution is 2.26. The van der Waals surface area contributed by atoms with Crippen molar-refractivity contribution in [2.24, 2.45) is 0 Å². The van der Waals surface area contributed by atoms with E-state index in [1.807, 2.05) is 0 Å². The fraction of sp³-hybridized carbons (Fsp3) is 0.529. The molecule has 0 aliphatic carbocycles. The van der Waals surface area contributed by atoms with Crippen LogP contribution in [0.5, 0.6) is 0 Å². The normalized spacial score (nSPS) is 23.2. The number of halogens is 3. The maximum atomic E-state index is 14.0. The molecule has 26 heavy (non-hydrogen) atoms. The fourth-order valence-corrected chi connectivity index (χ4v) is 2.87. The van der Waals surface area contributed by atoms with Crippen LogP contribution in [0.15, 0.2) is 12.1 Å². The van der Waals surface area contributed by atoms with Crippen LogP contribution >= 0.6 is 11.6 Å². The quantitative estimate of drug-likeness (QED) is 0.770. The highest BCUT2D eigenvalue weighted by molar-refractivity contribution is 6.31. The van der Waals surface area contributed by atoms with E-state index in [1.54, 1.807) is 20.8 Å². The third-order valence-electron chi connectivity index (χ3n) is 3.87. The van der Waals surface area contributed by atoms with Gasteiger partial charge in [-0.25, -0.2) is 13.6 Å². The van der Waals surface area contributed by atoms with E-state index in [-0.39, 0.29) is 12.1 Å². The molecule has 1 aliphatic rings. The lowest BCUT2D eigenvalue weighted by Crippen LogP contribution is -2.47. The van der Waals surface area contributed by atoms with E-state index < -0.39 is 58.8 Å². The predicted molar refractivity (Wildman–Crippen MR) is 88.8 cm³/mol. The van der Waals surface area contributed by atoms with Crippen LogP contribution < -0.4 is 0 Å². The number of amides is 1. The van der Waals surface area contributed by atoms with Gasteiger partial charge in [-0.2, -0.15) is 0 Å². The van der Waals surface area contributed by atoms with Crippen molar-refractivity contribution in [2.75, 3.05) is 6.54 Å². The standard InChI is InChI=1S/C17H20ClF2NO5/c1-17(2,3)26-16(25)21-7-11(23)15(24)14(21)10(22)6-8-4-5-9(19)12(18)13(8)20/h4-5,11,14-15,23-24H,6-7H2,1-3H3/t11-,14-,15-/m1/s1. The van der Waals surface area contributed by atoms with Gasteiger partial charge < -0.3 is 14.9 Å². The first kappa shape index (κ1) is 20.5. The zero-order valence-corrected chi connectivity index (χ0v) is 15.3. The number of ether oxygens (including phenoxy) is 1. The number of likely N-dealkylation sites (tertiary alicyclic amines) is 1. The molecule has 2 N–H and O–H groups in total. The summed E-state index contributed by atoms with van der Waals surface area (Å²) in [4.78, 5) is 25.8. The molecule has 0 aromatic heterocycles. The van der Waals surface area contributed by atoms with Crippen molar-refractivity contribution >= 4 is 23.5 Å². The van der Waals surface area contributed by atoms with Crippen molar-refractivity contribution in [1.82, 2.24) is 4.90 Å². The maximum absolute atomic E-state index is 14.0. The van der Waals surface area contributed by atoms with Gasteiger partial charge in [0.1, 0.15) is 40.5 Å². The number of hydrogen-bond acceptors (Lipinski definition) is 5. The summed E-state index contributed by atoms with van der Waals surface area (Å²) in [7, 11) is 0. The fourth-order valence-electron chi connectivity index (χ4n) is 2.69. The van der Waals surface area contributed by atoms with Crippen LogP contribution in [0.1, 0.15) is 26.3 Å². The van der Waals surface area contributed by atoms with Crippen LogP contribution in [0.25, 0.3) is 0 Å². The zero-order valence-electron chi connectivity index (χ0n) is 14.5. The van der Waals surface area contributed by atoms with Crippen molar-refractivity contribution in [1.29, 1.82) is 0 Å². The van der Waals surface area contributed by atoms with Gasteiger partial charge in [0.2, 0.25) is 0 Å². The summed E-state index contributed by atoms with van der Waals surface area (Å²) in [6, 6.07) is 0.562. The number of nitrogens with zero attached hydrogens (tertiary/aromatic N) is 1. The summed E-state index contributed by atoms with van der Waals surface area (Å²) >= 11 is 5.49. The third-order valence-corrected chi connectivity index (χ3v) is 4.22. The molecule has 6 nitrogen and oxygen atoms in total. The Bertz CT molecular complexity index is 722. The van der Waals surface area contributed by atoms with Crippen molar-refractivity contribution in [3.63, 3.8) is 0 Å². The Morgan fingerprint density at radius 2 is 1.92 bits per heavy atom. The molecule has 1 aromatic rings. The first-order chi connectivity index (χ1) is 11.9. The number of hydrogen-bond donors (Lipinski definition) is 2. The average Bonchev–Trinajstić information content (AvgIpc) is 2.82. The Hall–Kier alpha value is -1.77. The zero-order chi connectivity index (χ0) is 19.8. The molecule has 2 rings (SSSR count). The Kier molecular flexibility index (Phi) is 5.89. The molecule has 1 aliphatic heterocycles. The number of ketones is 1. The van der Waals surface area contributed by atoms with E-state index in [4.69, 9.17) is 16.3 Å². The van der Waals surface area contributed by atoms with Crippen LogP contribution in [-0.2, 0) is 16.0 Å². The Morgan fingerprint density at radius 1 is 1.31 bits per heavy atom. The molecular weight excluding hydrogens is 372 g/mol. The second-order valence-electron chi connectivity index (χ2n) is 7.11. The van der Waals surface area contributed by atoms with Crippen molar-refractivity contribution in [3.05, 3.63) is 34.4 Å². The number of carbonyl (C=O) groups excluding carboxylic acids is 2. The van der Waals surface area contributed by atoms with E-state index in [0.29, 0.717) is 0 Å². The molecule has 1 amide bonds. The van der Waals surface area contributed by atoms with Crippen LogP contribution in [0.4, 0.5) is 13.6 Å². The van der Waals surface area contributed by atoms with Crippen LogP contribution in [0, 0.1) is 11.6 Å². The summed E-state index contributed by atoms with van der Waals surface area (Å²) < 4.78 is 32.4. The van der Waals surface area contributed by atoms with Gasteiger partial charge in [-0.05, 0) is 32.4 Å². The highest BCUT2D eigenvalue weighted by atomic mass is 35.5. The topological polar surface area (TPSA) is 87.1 Å². The summed E-state index contributed by atoms with van der Waals surface area (Å²) in [5.41, 5.74) is -1.03. The Balaban J connectivity index is 2.24. The first-order valence-electron chi connectivity index (χ1n) is 7.93. The van der Waals surface area contributed by atoms with Gasteiger partial charge in [-0.1, -0.05) is 17.7 Å². The SMILES string of the molecule is CC(C)(C)OC(=O)N1C[C@@H](O)[C@@H](O)[C@H]1C(=O)Cc1ccc(F)c(Cl)c1F. The Labute approximate surface area is 154 Å². The Morgan fingerprint density at radius 3 is 2.50 bits per heavy atom. The average molecular weight is 392 g/mol. The number of aliphatic hydroxyl groups is 2. The molecule has 144 valence electrons. The van der Waals surface area contributed by atoms with Gasteiger partial charge in [0.05, 0.1) is 6.54 Å². The minimum absolute atomic E-state index is 0.181. The predicted octanol–water partition coefficient (Wildman–Crippen LogP) is 2.07. The first-order valence-corrected chi connectivity index (χ1v) is 8.31. The van der Waals surface area contributed by atoms with E-state index in [9.17, 15) is 28.6 Å². The van der Waals surface area contributed by atoms with Gasteiger partial charge in [-0.15, -0.1) is 0 Å². The molecule has 0 unspecified atom stereocenters. The smallest absolute Gasteiger partial charge is 0.411 e. The molecule has 0 bridgehead atoms. The molecule has 1 aromatic carbocycles. The highest BCUT2D eigenvalue weighted by Gasteiger charge is 2.47. The van der Waals surface area contributed by atoms with E-state index in [1.165, 1.54) is 0 Å². The molecular formula is C17H20ClF2NO5. The third kappa shape index (κ3) is 4.31. The monoisotopic (exact) mass is 391 g/mol. The molecule has 1 saturated heterocycles. The number of aliphatic hydroxyl groups excluding tert-OH is 2. The van der Waals surface area contributed by atoms with Crippen molar-refractivity contribution in [2.45, 2.75) is 51.0 Å². The number of β-amino-alcohol motifs (C(OH)–C–C–N with tert-alkyl or cyclic N) is 1. The van der Waals surface area contributed by atoms with Gasteiger partial charge >= 0.3 is 6.09 Å². The molecule has 0 radical (unpaired) electrons. The lowest BCUT2D eigenvalue weighted by atomic mass is 9.99. The summed E-state index contributed by atoms with van der Waals surface area (Å²) in [5, 5.41) is 19.2. The maximum Gasteiger partial charge on any atom is 0.411 e. The second-order valence-corrected chi connectivity index (χ2v) is 7.49. The summed E-state index contributed by atoms with van der Waals surface area (Å²) in [6.07, 6.45) is -4.32. The lowest BCUT2D eigenvalue weighted by molar-refractivity contribution is -0.125. The molecule has 0 saturated carbocycles. The van der Waals surface area contributed by atoms with Crippen molar-refractivity contribution in [3.8, 4) is 0 Å². The van der Waals surface area contributed by atoms with Crippen LogP contribution in [0.3, 0.4) is 0 Å². The number of Topliss-reactive ketones (excluding diaryl/α,β-unsaturated/α-hetero) is 1. The van der Waals surface area contributed by atoms with Gasteiger partial charge in [0.15, 0.2) is 5.78 Å². The van der Waals surface area contributed by atoms with E-state index in [2.05, 4.69) is 0 Å². The van der Waals surface area contributed by atoms with Crippen LogP contribution in [-0.4, -0.2) is 57.4 Å². The molecule has 9 heteroatoms. The summed E-state index contributed by atoms with van der Waals surface area (Å²) in [6.45, 7) is 4.57. The van der Waals surface area contributed by atoms with Gasteiger partial charge in [0, 0.05) is 6.42 Å². The largest absolute Gasteiger partial charge is 0.444 e. The summed E-state index contributed by atoms with van der Waals surface area (Å²) in [5.74, 6) is -2.79. The molecule has 1 heterocycles. The number of carbonyl (C=O) groups is 2. The van der Waals surface area contributed by atoms with Crippen molar-refractivity contribution < 1.29 is 33.3 Å². The minimum atomic E-state index is -1.55.